The summed E-state index contributed by atoms with van der Waals surface area (Å²) in [5.74, 6) is -1.20. The highest BCUT2D eigenvalue weighted by atomic mass is 35.5. The van der Waals surface area contributed by atoms with Crippen molar-refractivity contribution in [2.24, 2.45) is 4.99 Å². The normalized spacial score (nSPS) is 15.6. The average Bonchev–Trinajstić information content (AvgIpc) is 2.48. The summed E-state index contributed by atoms with van der Waals surface area (Å²) in [4.78, 5) is 39.1. The van der Waals surface area contributed by atoms with Crippen molar-refractivity contribution in [3.05, 3.63) is 51.3 Å². The number of hydrogen-bond acceptors (Lipinski definition) is 4. The number of benzene rings is 1. The zero-order valence-electron chi connectivity index (χ0n) is 13.7. The van der Waals surface area contributed by atoms with Crippen molar-refractivity contribution >= 4 is 52.2 Å². The van der Waals surface area contributed by atoms with E-state index < -0.39 is 11.7 Å². The lowest BCUT2D eigenvalue weighted by atomic mass is 10.0. The summed E-state index contributed by atoms with van der Waals surface area (Å²) in [5.41, 5.74) is 1.73. The molecule has 1 aromatic rings. The van der Waals surface area contributed by atoms with Gasteiger partial charge in [-0.25, -0.2) is 4.99 Å². The first-order valence-electron chi connectivity index (χ1n) is 7.25. The molecule has 2 rings (SSSR count). The van der Waals surface area contributed by atoms with E-state index in [-0.39, 0.29) is 23.0 Å². The van der Waals surface area contributed by atoms with Gasteiger partial charge in [-0.2, -0.15) is 0 Å². The maximum absolute atomic E-state index is 12.1. The number of halogens is 2. The number of rotatable bonds is 3. The minimum Gasteiger partial charge on any atom is -0.324 e. The molecule has 0 aliphatic heterocycles. The summed E-state index contributed by atoms with van der Waals surface area (Å²) >= 11 is 12.2. The Morgan fingerprint density at radius 1 is 0.960 bits per heavy atom. The summed E-state index contributed by atoms with van der Waals surface area (Å²) < 4.78 is 0. The van der Waals surface area contributed by atoms with Crippen LogP contribution in [0.3, 0.4) is 0 Å². The topological polar surface area (TPSA) is 87.6 Å². The van der Waals surface area contributed by atoms with Crippen LogP contribution in [0.15, 0.2) is 40.7 Å². The Kier molecular flexibility index (Phi) is 5.77. The maximum atomic E-state index is 12.1. The highest BCUT2D eigenvalue weighted by molar-refractivity contribution is 6.36. The van der Waals surface area contributed by atoms with Gasteiger partial charge in [0.1, 0.15) is 0 Å². The van der Waals surface area contributed by atoms with Crippen LogP contribution in [0, 0.1) is 6.92 Å². The van der Waals surface area contributed by atoms with E-state index in [4.69, 9.17) is 23.2 Å². The van der Waals surface area contributed by atoms with Crippen molar-refractivity contribution in [3.8, 4) is 0 Å². The quantitative estimate of drug-likeness (QED) is 0.791. The summed E-state index contributed by atoms with van der Waals surface area (Å²) in [5, 5.41) is 5.86. The van der Waals surface area contributed by atoms with Crippen LogP contribution in [0.2, 0.25) is 10.0 Å². The van der Waals surface area contributed by atoms with Gasteiger partial charge < -0.3 is 10.6 Å². The van der Waals surface area contributed by atoms with Crippen molar-refractivity contribution in [2.75, 3.05) is 0 Å². The third-order valence-electron chi connectivity index (χ3n) is 3.23. The molecule has 0 aromatic heterocycles. The molecular weight excluding hydrogens is 365 g/mol. The second kappa shape index (κ2) is 7.63. The van der Waals surface area contributed by atoms with E-state index in [0.717, 1.165) is 5.56 Å². The molecule has 6 nitrogen and oxygen atoms in total. The zero-order valence-corrected chi connectivity index (χ0v) is 15.2. The third-order valence-corrected chi connectivity index (χ3v) is 4.02. The van der Waals surface area contributed by atoms with E-state index in [2.05, 4.69) is 15.6 Å². The first kappa shape index (κ1) is 18.9. The van der Waals surface area contributed by atoms with Gasteiger partial charge in [0.05, 0.1) is 22.8 Å². The first-order valence-corrected chi connectivity index (χ1v) is 8.00. The molecule has 25 heavy (non-hydrogen) atoms. The maximum Gasteiger partial charge on any atom is 0.221 e. The lowest BCUT2D eigenvalue weighted by Gasteiger charge is -2.16. The fraction of sp³-hybridized carbons (Fsp3) is 0.176. The van der Waals surface area contributed by atoms with Crippen LogP contribution < -0.4 is 10.6 Å². The molecule has 1 aliphatic rings. The number of carbonyl (C=O) groups is 3. The summed E-state index contributed by atoms with van der Waals surface area (Å²) in [6, 6.07) is 3.23. The Morgan fingerprint density at radius 3 is 2.00 bits per heavy atom. The second-order valence-corrected chi connectivity index (χ2v) is 6.19. The van der Waals surface area contributed by atoms with Gasteiger partial charge >= 0.3 is 0 Å². The van der Waals surface area contributed by atoms with Gasteiger partial charge in [-0.1, -0.05) is 23.2 Å². The fourth-order valence-electron chi connectivity index (χ4n) is 2.07. The van der Waals surface area contributed by atoms with E-state index in [0.29, 0.717) is 15.7 Å². The number of nitrogens with zero attached hydrogens (tertiary/aromatic N) is 1. The fourth-order valence-corrected chi connectivity index (χ4v) is 2.55. The number of ketones is 1. The highest BCUT2D eigenvalue weighted by Crippen LogP contribution is 2.30. The van der Waals surface area contributed by atoms with Crippen molar-refractivity contribution < 1.29 is 14.4 Å². The van der Waals surface area contributed by atoms with Crippen LogP contribution in [0.4, 0.5) is 5.69 Å². The SMILES string of the molecule is CC(=O)NC1=CC(=Nc2cc(Cl)c(C)c(Cl)c2)C(NC(C)=O)=CC1=O. The van der Waals surface area contributed by atoms with Crippen LogP contribution in [0.5, 0.6) is 0 Å². The third kappa shape index (κ3) is 4.78. The summed E-state index contributed by atoms with van der Waals surface area (Å²) in [6.07, 6.45) is 2.58. The molecule has 0 saturated carbocycles. The summed E-state index contributed by atoms with van der Waals surface area (Å²) in [7, 11) is 0. The van der Waals surface area contributed by atoms with Crippen molar-refractivity contribution in [2.45, 2.75) is 20.8 Å². The van der Waals surface area contributed by atoms with Gasteiger partial charge in [-0.15, -0.1) is 0 Å². The van der Waals surface area contributed by atoms with E-state index in [1.165, 1.54) is 26.0 Å². The smallest absolute Gasteiger partial charge is 0.221 e. The molecule has 0 saturated heterocycles. The number of aliphatic imine (C=N–C) groups is 1. The van der Waals surface area contributed by atoms with Crippen LogP contribution >= 0.6 is 23.2 Å². The lowest BCUT2D eigenvalue weighted by Crippen LogP contribution is -2.32. The number of carbonyl (C=O) groups excluding carboxylic acids is 3. The predicted molar refractivity (Wildman–Crippen MR) is 97.1 cm³/mol. The number of amides is 2. The highest BCUT2D eigenvalue weighted by Gasteiger charge is 2.20. The Bertz CT molecular complexity index is 847. The van der Waals surface area contributed by atoms with Crippen molar-refractivity contribution in [3.63, 3.8) is 0 Å². The first-order chi connectivity index (χ1) is 11.7. The molecule has 2 amide bonds. The zero-order chi connectivity index (χ0) is 18.7. The minimum atomic E-state index is -0.446. The molecule has 0 spiro atoms. The van der Waals surface area contributed by atoms with Crippen LogP contribution in [0.25, 0.3) is 0 Å². The van der Waals surface area contributed by atoms with Gasteiger partial charge in [0.25, 0.3) is 0 Å². The number of nitrogens with one attached hydrogen (secondary N) is 2. The van der Waals surface area contributed by atoms with Crippen molar-refractivity contribution in [1.29, 1.82) is 0 Å². The largest absolute Gasteiger partial charge is 0.324 e. The molecule has 1 aromatic carbocycles. The van der Waals surface area contributed by atoms with Crippen LogP contribution in [0.1, 0.15) is 19.4 Å². The molecule has 0 radical (unpaired) electrons. The molecule has 1 aliphatic carbocycles. The molecular formula is C17H15Cl2N3O3. The molecule has 8 heteroatoms. The van der Waals surface area contributed by atoms with Gasteiger partial charge in [0.15, 0.2) is 0 Å². The van der Waals surface area contributed by atoms with Crippen molar-refractivity contribution in [1.82, 2.24) is 10.6 Å². The molecule has 0 atom stereocenters. The molecule has 130 valence electrons. The van der Waals surface area contributed by atoms with E-state index in [1.54, 1.807) is 19.1 Å². The monoisotopic (exact) mass is 379 g/mol. The Labute approximate surface area is 154 Å². The molecule has 0 fully saturated rings. The predicted octanol–water partition coefficient (Wildman–Crippen LogP) is 3.00. The van der Waals surface area contributed by atoms with Gasteiger partial charge in [0, 0.05) is 30.0 Å². The molecule has 2 N–H and O–H groups in total. The Hall–Kier alpha value is -2.44. The number of hydrogen-bond donors (Lipinski definition) is 2. The van der Waals surface area contributed by atoms with E-state index >= 15 is 0 Å². The minimum absolute atomic E-state index is 0.0599. The summed E-state index contributed by atoms with van der Waals surface area (Å²) in [6.45, 7) is 4.38. The van der Waals surface area contributed by atoms with E-state index in [9.17, 15) is 14.4 Å². The number of allylic oxidation sites excluding steroid dienone is 2. The van der Waals surface area contributed by atoms with Gasteiger partial charge in [-0.3, -0.25) is 14.4 Å². The van der Waals surface area contributed by atoms with E-state index in [1.807, 2.05) is 0 Å². The van der Waals surface area contributed by atoms with Crippen LogP contribution in [-0.4, -0.2) is 23.3 Å². The standard InChI is InChI=1S/C17H15Cl2N3O3/c1-8-12(18)4-11(5-13(8)19)22-14-6-16(21-10(3)24)17(25)7-15(14)20-9(2)23/h4-7H,1-3H3,(H,20,23)(H,21,24). The Balaban J connectivity index is 2.52. The average molecular weight is 380 g/mol. The molecule has 0 unspecified atom stereocenters. The van der Waals surface area contributed by atoms with Gasteiger partial charge in [-0.05, 0) is 30.7 Å². The lowest BCUT2D eigenvalue weighted by molar-refractivity contribution is -0.120. The van der Waals surface area contributed by atoms with Gasteiger partial charge in [0.2, 0.25) is 17.6 Å². The second-order valence-electron chi connectivity index (χ2n) is 5.37. The molecule has 0 bridgehead atoms. The van der Waals surface area contributed by atoms with Crippen LogP contribution in [-0.2, 0) is 14.4 Å². The molecule has 0 heterocycles. The Morgan fingerprint density at radius 2 is 1.48 bits per heavy atom.